The number of aliphatic hydroxyl groups excluding tert-OH is 1. The molecule has 5 rings (SSSR count). The lowest BCUT2D eigenvalue weighted by molar-refractivity contribution is -0.178. The number of urea groups is 1. The summed E-state index contributed by atoms with van der Waals surface area (Å²) in [4.78, 5) is 30.6. The number of ether oxygens (including phenoxy) is 3. The zero-order valence-electron chi connectivity index (χ0n) is 24.2. The number of hydrogen-bond acceptors (Lipinski definition) is 7. The molecule has 5 unspecified atom stereocenters. The van der Waals surface area contributed by atoms with Crippen molar-refractivity contribution in [2.24, 2.45) is 29.6 Å². The molecule has 1 saturated carbocycles. The minimum Gasteiger partial charge on any atom is -0.462 e. The number of nitrogens with one attached hydrogen (secondary N) is 1. The molecular formula is C31H47N3O6. The molecule has 3 saturated heterocycles. The average molecular weight is 558 g/mol. The molecule has 0 aromatic heterocycles. The number of aliphatic hydroxyl groups is 1. The molecule has 1 aliphatic carbocycles. The molecule has 7 atom stereocenters. The Balaban J connectivity index is 1.25. The Morgan fingerprint density at radius 2 is 1.82 bits per heavy atom. The van der Waals surface area contributed by atoms with Gasteiger partial charge in [-0.2, -0.15) is 0 Å². The Hall–Kier alpha value is -2.20. The molecule has 3 aliphatic heterocycles. The van der Waals surface area contributed by atoms with E-state index in [1.807, 2.05) is 42.3 Å². The molecule has 0 radical (unpaired) electrons. The first-order chi connectivity index (χ1) is 19.3. The van der Waals surface area contributed by atoms with E-state index in [-0.39, 0.29) is 61.0 Å². The molecule has 1 aromatic rings. The predicted molar refractivity (Wildman–Crippen MR) is 150 cm³/mol. The van der Waals surface area contributed by atoms with Crippen LogP contribution >= 0.6 is 0 Å². The van der Waals surface area contributed by atoms with Gasteiger partial charge in [0, 0.05) is 55.9 Å². The quantitative estimate of drug-likeness (QED) is 0.404. The van der Waals surface area contributed by atoms with Gasteiger partial charge in [0.15, 0.2) is 6.29 Å². The van der Waals surface area contributed by atoms with E-state index in [0.717, 1.165) is 24.8 Å². The van der Waals surface area contributed by atoms with Crippen LogP contribution in [-0.2, 0) is 25.4 Å². The van der Waals surface area contributed by atoms with Gasteiger partial charge in [0.1, 0.15) is 6.10 Å². The highest BCUT2D eigenvalue weighted by atomic mass is 16.7. The fourth-order valence-corrected chi connectivity index (χ4v) is 7.13. The molecule has 0 spiro atoms. The van der Waals surface area contributed by atoms with E-state index in [4.69, 9.17) is 14.2 Å². The summed E-state index contributed by atoms with van der Waals surface area (Å²) in [6.07, 6.45) is 2.22. The van der Waals surface area contributed by atoms with Crippen molar-refractivity contribution in [1.82, 2.24) is 15.1 Å². The molecule has 1 aromatic carbocycles. The molecule has 2 N–H and O–H groups in total. The Bertz CT molecular complexity index is 985. The van der Waals surface area contributed by atoms with Gasteiger partial charge in [-0.25, -0.2) is 4.79 Å². The molecule has 9 nitrogen and oxygen atoms in total. The minimum atomic E-state index is -0.865. The number of carbonyl (C=O) groups excluding carboxylic acids is 2. The van der Waals surface area contributed by atoms with Crippen LogP contribution in [0, 0.1) is 29.6 Å². The number of hydrogen-bond donors (Lipinski definition) is 2. The smallest absolute Gasteiger partial charge is 0.320 e. The predicted octanol–water partition coefficient (Wildman–Crippen LogP) is 2.91. The van der Waals surface area contributed by atoms with Gasteiger partial charge in [-0.05, 0) is 44.2 Å². The summed E-state index contributed by atoms with van der Waals surface area (Å²) in [6.45, 7) is 7.43. The number of esters is 1. The summed E-state index contributed by atoms with van der Waals surface area (Å²) >= 11 is 0. The molecule has 222 valence electrons. The van der Waals surface area contributed by atoms with Crippen molar-refractivity contribution in [2.75, 3.05) is 46.4 Å². The molecule has 4 fully saturated rings. The lowest BCUT2D eigenvalue weighted by Gasteiger charge is -2.38. The monoisotopic (exact) mass is 557 g/mol. The summed E-state index contributed by atoms with van der Waals surface area (Å²) in [5.41, 5.74) is 1.05. The number of nitrogens with zero attached hydrogens (tertiary/aromatic N) is 2. The first kappa shape index (κ1) is 29.3. The fourth-order valence-electron chi connectivity index (χ4n) is 7.13. The number of carbonyl (C=O) groups is 2. The molecule has 4 aliphatic rings. The lowest BCUT2D eigenvalue weighted by atomic mass is 9.90. The van der Waals surface area contributed by atoms with Crippen molar-refractivity contribution >= 4 is 12.0 Å². The van der Waals surface area contributed by atoms with Crippen molar-refractivity contribution in [1.29, 1.82) is 0 Å². The van der Waals surface area contributed by atoms with Crippen LogP contribution in [0.3, 0.4) is 0 Å². The third-order valence-electron chi connectivity index (χ3n) is 9.31. The SMILES string of the molecule is CNC1CCN(C(=O)N(CC(C)C)C[C@@H](O)[C@@H](CC(=O)OC2C3COC4OCC2C4C3)Cc2ccccc2)CC1. The van der Waals surface area contributed by atoms with E-state index in [9.17, 15) is 14.7 Å². The first-order valence-electron chi connectivity index (χ1n) is 15.2. The normalized spacial score (nSPS) is 29.4. The number of fused-ring (bicyclic) bond motifs is 1. The van der Waals surface area contributed by atoms with E-state index >= 15 is 0 Å². The lowest BCUT2D eigenvalue weighted by Crippen LogP contribution is -2.52. The second-order valence-electron chi connectivity index (χ2n) is 12.7. The van der Waals surface area contributed by atoms with Crippen LogP contribution in [-0.4, -0.2) is 97.9 Å². The number of amides is 2. The van der Waals surface area contributed by atoms with Gasteiger partial charge in [0.05, 0.1) is 25.7 Å². The number of benzene rings is 1. The summed E-state index contributed by atoms with van der Waals surface area (Å²) in [5, 5.41) is 14.9. The molecular weight excluding hydrogens is 510 g/mol. The van der Waals surface area contributed by atoms with Gasteiger partial charge in [-0.3, -0.25) is 4.79 Å². The van der Waals surface area contributed by atoms with Crippen molar-refractivity contribution in [2.45, 2.75) is 70.5 Å². The van der Waals surface area contributed by atoms with E-state index < -0.39 is 6.10 Å². The molecule has 9 heteroatoms. The van der Waals surface area contributed by atoms with E-state index in [1.165, 1.54) is 0 Å². The van der Waals surface area contributed by atoms with Crippen LogP contribution in [0.5, 0.6) is 0 Å². The Kier molecular flexibility index (Phi) is 9.66. The fraction of sp³-hybridized carbons (Fsp3) is 0.742. The third kappa shape index (κ3) is 6.81. The minimum absolute atomic E-state index is 0.0302. The van der Waals surface area contributed by atoms with Crippen LogP contribution in [0.25, 0.3) is 0 Å². The third-order valence-corrected chi connectivity index (χ3v) is 9.31. The van der Waals surface area contributed by atoms with E-state index in [2.05, 4.69) is 19.2 Å². The van der Waals surface area contributed by atoms with Gasteiger partial charge >= 0.3 is 12.0 Å². The average Bonchev–Trinajstić information content (AvgIpc) is 3.49. The number of piperidine rings is 1. The van der Waals surface area contributed by atoms with Gasteiger partial charge in [0.25, 0.3) is 0 Å². The summed E-state index contributed by atoms with van der Waals surface area (Å²) in [6, 6.07) is 10.3. The van der Waals surface area contributed by atoms with Crippen LogP contribution in [0.15, 0.2) is 30.3 Å². The molecule has 2 bridgehead atoms. The topological polar surface area (TPSA) is 101 Å². The largest absolute Gasteiger partial charge is 0.462 e. The van der Waals surface area contributed by atoms with Crippen molar-refractivity contribution in [3.8, 4) is 0 Å². The highest BCUT2D eigenvalue weighted by Crippen LogP contribution is 2.49. The molecule has 2 amide bonds. The second kappa shape index (κ2) is 13.2. The van der Waals surface area contributed by atoms with Gasteiger partial charge in [-0.15, -0.1) is 0 Å². The zero-order valence-corrected chi connectivity index (χ0v) is 24.2. The highest BCUT2D eigenvalue weighted by Gasteiger charge is 2.56. The van der Waals surface area contributed by atoms with Crippen molar-refractivity contribution in [3.05, 3.63) is 35.9 Å². The summed E-state index contributed by atoms with van der Waals surface area (Å²) in [5.74, 6) is 0.280. The molecule has 3 heterocycles. The standard InChI is InChI=1S/C31H47N3O6/c1-20(2)16-34(31(37)33-11-9-24(32-3)10-12-33)17-27(35)22(13-21-7-5-4-6-8-21)15-28(36)40-29-23-14-25-26(29)19-39-30(25)38-18-23/h4-8,20,22-27,29-30,32,35H,9-19H2,1-3H3/t22-,23?,25?,26?,27-,29?,30?/m1/s1. The van der Waals surface area contributed by atoms with Crippen molar-refractivity contribution < 1.29 is 28.9 Å². The summed E-state index contributed by atoms with van der Waals surface area (Å²) < 4.78 is 17.7. The Morgan fingerprint density at radius 1 is 1.10 bits per heavy atom. The summed E-state index contributed by atoms with van der Waals surface area (Å²) in [7, 11) is 1.96. The van der Waals surface area contributed by atoms with Gasteiger partial charge < -0.3 is 34.4 Å². The van der Waals surface area contributed by atoms with Crippen LogP contribution in [0.4, 0.5) is 4.79 Å². The highest BCUT2D eigenvalue weighted by molar-refractivity contribution is 5.74. The van der Waals surface area contributed by atoms with Gasteiger partial charge in [0.2, 0.25) is 0 Å². The maximum atomic E-state index is 13.6. The second-order valence-corrected chi connectivity index (χ2v) is 12.7. The van der Waals surface area contributed by atoms with Gasteiger partial charge in [-0.1, -0.05) is 44.2 Å². The Labute approximate surface area is 238 Å². The van der Waals surface area contributed by atoms with Crippen molar-refractivity contribution in [3.63, 3.8) is 0 Å². The zero-order chi connectivity index (χ0) is 28.2. The van der Waals surface area contributed by atoms with E-state index in [1.54, 1.807) is 4.90 Å². The molecule has 40 heavy (non-hydrogen) atoms. The van der Waals surface area contributed by atoms with E-state index in [0.29, 0.717) is 51.2 Å². The van der Waals surface area contributed by atoms with Crippen LogP contribution < -0.4 is 5.32 Å². The number of likely N-dealkylation sites (tertiary alicyclic amines) is 1. The maximum absolute atomic E-state index is 13.6. The van der Waals surface area contributed by atoms with Crippen LogP contribution in [0.2, 0.25) is 0 Å². The number of rotatable bonds is 11. The Morgan fingerprint density at radius 3 is 2.52 bits per heavy atom. The van der Waals surface area contributed by atoms with Crippen LogP contribution in [0.1, 0.15) is 45.1 Å². The first-order valence-corrected chi connectivity index (χ1v) is 15.2. The maximum Gasteiger partial charge on any atom is 0.320 e.